The molecule has 0 saturated carbocycles. The standard InChI is InChI=1S/C12H9FN2/c1-2-7-15-9-10(8-14-15)11-5-3-4-6-12(11)13/h1,3-6,8-9H,7H2. The predicted octanol–water partition coefficient (Wildman–Crippen LogP) is 2.32. The lowest BCUT2D eigenvalue weighted by Gasteiger charge is -1.97. The van der Waals surface area contributed by atoms with E-state index in [0.717, 1.165) is 5.56 Å². The van der Waals surface area contributed by atoms with Crippen LogP contribution >= 0.6 is 0 Å². The van der Waals surface area contributed by atoms with E-state index in [1.54, 1.807) is 35.3 Å². The first kappa shape index (κ1) is 9.47. The summed E-state index contributed by atoms with van der Waals surface area (Å²) in [5.41, 5.74) is 1.28. The molecule has 2 rings (SSSR count). The fraction of sp³-hybridized carbons (Fsp3) is 0.0833. The largest absolute Gasteiger partial charge is 0.260 e. The van der Waals surface area contributed by atoms with Crippen molar-refractivity contribution in [3.63, 3.8) is 0 Å². The van der Waals surface area contributed by atoms with Gasteiger partial charge in [0, 0.05) is 17.3 Å². The zero-order chi connectivity index (χ0) is 10.7. The van der Waals surface area contributed by atoms with Crippen molar-refractivity contribution in [2.24, 2.45) is 0 Å². The van der Waals surface area contributed by atoms with Gasteiger partial charge in [0.15, 0.2) is 0 Å². The van der Waals surface area contributed by atoms with Crippen molar-refractivity contribution < 1.29 is 4.39 Å². The summed E-state index contributed by atoms with van der Waals surface area (Å²) in [5, 5.41) is 4.03. The third kappa shape index (κ3) is 1.89. The van der Waals surface area contributed by atoms with E-state index < -0.39 is 0 Å². The van der Waals surface area contributed by atoms with Gasteiger partial charge in [-0.05, 0) is 6.07 Å². The Hall–Kier alpha value is -2.08. The van der Waals surface area contributed by atoms with Crippen molar-refractivity contribution in [3.8, 4) is 23.5 Å². The Balaban J connectivity index is 2.38. The molecule has 1 aromatic heterocycles. The van der Waals surface area contributed by atoms with E-state index in [0.29, 0.717) is 12.1 Å². The van der Waals surface area contributed by atoms with E-state index in [9.17, 15) is 4.39 Å². The maximum atomic E-state index is 13.4. The monoisotopic (exact) mass is 200 g/mol. The molecule has 0 radical (unpaired) electrons. The van der Waals surface area contributed by atoms with Gasteiger partial charge in [-0.25, -0.2) is 4.39 Å². The summed E-state index contributed by atoms with van der Waals surface area (Å²) in [4.78, 5) is 0. The first-order valence-electron chi connectivity index (χ1n) is 4.52. The minimum Gasteiger partial charge on any atom is -0.260 e. The van der Waals surface area contributed by atoms with Crippen LogP contribution in [0.5, 0.6) is 0 Å². The van der Waals surface area contributed by atoms with Crippen molar-refractivity contribution in [1.82, 2.24) is 9.78 Å². The smallest absolute Gasteiger partial charge is 0.131 e. The molecule has 0 bridgehead atoms. The number of hydrogen-bond acceptors (Lipinski definition) is 1. The molecule has 0 fully saturated rings. The molecule has 0 saturated heterocycles. The third-order valence-corrected chi connectivity index (χ3v) is 2.07. The van der Waals surface area contributed by atoms with Crippen LogP contribution in [-0.4, -0.2) is 9.78 Å². The van der Waals surface area contributed by atoms with Crippen LogP contribution in [-0.2, 0) is 6.54 Å². The van der Waals surface area contributed by atoms with Gasteiger partial charge in [0.25, 0.3) is 0 Å². The molecule has 3 heteroatoms. The van der Waals surface area contributed by atoms with E-state index in [4.69, 9.17) is 6.42 Å². The number of terminal acetylenes is 1. The highest BCUT2D eigenvalue weighted by Crippen LogP contribution is 2.21. The number of rotatable bonds is 2. The van der Waals surface area contributed by atoms with Gasteiger partial charge in [-0.3, -0.25) is 4.68 Å². The third-order valence-electron chi connectivity index (χ3n) is 2.07. The molecule has 74 valence electrons. The Morgan fingerprint density at radius 3 is 2.93 bits per heavy atom. The Bertz CT molecular complexity index is 508. The van der Waals surface area contributed by atoms with E-state index in [-0.39, 0.29) is 5.82 Å². The van der Waals surface area contributed by atoms with Crippen LogP contribution in [0.3, 0.4) is 0 Å². The van der Waals surface area contributed by atoms with Gasteiger partial charge < -0.3 is 0 Å². The van der Waals surface area contributed by atoms with Crippen LogP contribution in [0.25, 0.3) is 11.1 Å². The molecule has 0 aliphatic rings. The fourth-order valence-electron chi connectivity index (χ4n) is 1.38. The summed E-state index contributed by atoms with van der Waals surface area (Å²) >= 11 is 0. The van der Waals surface area contributed by atoms with Crippen molar-refractivity contribution in [2.45, 2.75) is 6.54 Å². The molecule has 2 aromatic rings. The van der Waals surface area contributed by atoms with Gasteiger partial charge in [-0.1, -0.05) is 24.1 Å². The Labute approximate surface area is 87.4 Å². The second-order valence-corrected chi connectivity index (χ2v) is 3.11. The molecular weight excluding hydrogens is 191 g/mol. The summed E-state index contributed by atoms with van der Waals surface area (Å²) in [7, 11) is 0. The number of benzene rings is 1. The van der Waals surface area contributed by atoms with E-state index in [1.165, 1.54) is 6.07 Å². The molecule has 1 aromatic carbocycles. The Morgan fingerprint density at radius 1 is 1.40 bits per heavy atom. The highest BCUT2D eigenvalue weighted by Gasteiger charge is 2.05. The molecule has 0 spiro atoms. The molecule has 15 heavy (non-hydrogen) atoms. The minimum atomic E-state index is -0.252. The van der Waals surface area contributed by atoms with Gasteiger partial charge in [-0.15, -0.1) is 6.42 Å². The van der Waals surface area contributed by atoms with Gasteiger partial charge >= 0.3 is 0 Å². The van der Waals surface area contributed by atoms with Crippen LogP contribution < -0.4 is 0 Å². The lowest BCUT2D eigenvalue weighted by atomic mass is 10.1. The maximum absolute atomic E-state index is 13.4. The lowest BCUT2D eigenvalue weighted by Crippen LogP contribution is -1.94. The first-order valence-corrected chi connectivity index (χ1v) is 4.52. The Morgan fingerprint density at radius 2 is 2.20 bits per heavy atom. The molecule has 0 atom stereocenters. The summed E-state index contributed by atoms with van der Waals surface area (Å²) in [6, 6.07) is 6.59. The SMILES string of the molecule is C#CCn1cc(-c2ccccc2F)cn1. The molecule has 0 amide bonds. The predicted molar refractivity (Wildman–Crippen MR) is 56.5 cm³/mol. The summed E-state index contributed by atoms with van der Waals surface area (Å²) in [6.07, 6.45) is 8.49. The average molecular weight is 200 g/mol. The van der Waals surface area contributed by atoms with Crippen molar-refractivity contribution >= 4 is 0 Å². The van der Waals surface area contributed by atoms with Crippen LogP contribution in [0.4, 0.5) is 4.39 Å². The van der Waals surface area contributed by atoms with Crippen LogP contribution in [0.1, 0.15) is 0 Å². The molecule has 0 unspecified atom stereocenters. The molecular formula is C12H9FN2. The van der Waals surface area contributed by atoms with Gasteiger partial charge in [-0.2, -0.15) is 5.10 Å². The van der Waals surface area contributed by atoms with E-state index >= 15 is 0 Å². The summed E-state index contributed by atoms with van der Waals surface area (Å²) in [6.45, 7) is 0.397. The Kier molecular flexibility index (Phi) is 2.51. The number of nitrogens with zero attached hydrogens (tertiary/aromatic N) is 2. The van der Waals surface area contributed by atoms with E-state index in [2.05, 4.69) is 11.0 Å². The normalized spacial score (nSPS) is 9.87. The van der Waals surface area contributed by atoms with Crippen LogP contribution in [0.2, 0.25) is 0 Å². The van der Waals surface area contributed by atoms with Crippen molar-refractivity contribution in [1.29, 1.82) is 0 Å². The summed E-state index contributed by atoms with van der Waals surface area (Å²) < 4.78 is 15.0. The van der Waals surface area contributed by atoms with Crippen molar-refractivity contribution in [2.75, 3.05) is 0 Å². The second-order valence-electron chi connectivity index (χ2n) is 3.11. The number of halogens is 1. The first-order chi connectivity index (χ1) is 7.31. The zero-order valence-corrected chi connectivity index (χ0v) is 8.02. The molecule has 0 aliphatic carbocycles. The lowest BCUT2D eigenvalue weighted by molar-refractivity contribution is 0.631. The summed E-state index contributed by atoms with van der Waals surface area (Å²) in [5.74, 6) is 2.22. The molecule has 0 aliphatic heterocycles. The molecule has 1 heterocycles. The quantitative estimate of drug-likeness (QED) is 0.680. The van der Waals surface area contributed by atoms with Crippen LogP contribution in [0, 0.1) is 18.2 Å². The minimum absolute atomic E-state index is 0.252. The molecule has 0 N–H and O–H groups in total. The molecule has 2 nitrogen and oxygen atoms in total. The number of aromatic nitrogens is 2. The zero-order valence-electron chi connectivity index (χ0n) is 8.02. The van der Waals surface area contributed by atoms with Gasteiger partial charge in [0.05, 0.1) is 6.20 Å². The van der Waals surface area contributed by atoms with Gasteiger partial charge in [0.1, 0.15) is 12.4 Å². The van der Waals surface area contributed by atoms with Crippen molar-refractivity contribution in [3.05, 3.63) is 42.5 Å². The van der Waals surface area contributed by atoms with Crippen LogP contribution in [0.15, 0.2) is 36.7 Å². The fourth-order valence-corrected chi connectivity index (χ4v) is 1.38. The number of hydrogen-bond donors (Lipinski definition) is 0. The maximum Gasteiger partial charge on any atom is 0.131 e. The highest BCUT2D eigenvalue weighted by atomic mass is 19.1. The topological polar surface area (TPSA) is 17.8 Å². The second kappa shape index (κ2) is 3.97. The average Bonchev–Trinajstić information content (AvgIpc) is 2.68. The van der Waals surface area contributed by atoms with E-state index in [1.807, 2.05) is 0 Å². The van der Waals surface area contributed by atoms with Gasteiger partial charge in [0.2, 0.25) is 0 Å². The highest BCUT2D eigenvalue weighted by molar-refractivity contribution is 5.62.